The lowest BCUT2D eigenvalue weighted by Gasteiger charge is -2.07. The first-order valence-electron chi connectivity index (χ1n) is 5.50. The van der Waals surface area contributed by atoms with Crippen LogP contribution in [0.15, 0.2) is 40.9 Å². The molecule has 2 nitrogen and oxygen atoms in total. The summed E-state index contributed by atoms with van der Waals surface area (Å²) in [5.41, 5.74) is 5.94. The molecule has 0 saturated carbocycles. The standard InChI is InChI=1S/C14H10BrF2NO/c15-13-8(3-1-5-10(13)16)7-12(19)9-4-2-6-11(17)14(9)18/h1-6H,7,18H2. The zero-order chi connectivity index (χ0) is 14.0. The van der Waals surface area contributed by atoms with Gasteiger partial charge in [0.2, 0.25) is 0 Å². The lowest BCUT2D eigenvalue weighted by Crippen LogP contribution is -2.09. The highest BCUT2D eigenvalue weighted by Gasteiger charge is 2.15. The molecule has 0 aliphatic carbocycles. The van der Waals surface area contributed by atoms with Gasteiger partial charge in [-0.3, -0.25) is 4.79 Å². The zero-order valence-corrected chi connectivity index (χ0v) is 11.4. The summed E-state index contributed by atoms with van der Waals surface area (Å²) < 4.78 is 26.8. The summed E-state index contributed by atoms with van der Waals surface area (Å²) >= 11 is 3.08. The van der Waals surface area contributed by atoms with Crippen LogP contribution in [0.1, 0.15) is 15.9 Å². The summed E-state index contributed by atoms with van der Waals surface area (Å²) in [5, 5.41) is 0. The van der Waals surface area contributed by atoms with E-state index in [1.165, 1.54) is 30.3 Å². The van der Waals surface area contributed by atoms with Crippen molar-refractivity contribution in [2.45, 2.75) is 6.42 Å². The molecule has 0 amide bonds. The number of hydrogen-bond donors (Lipinski definition) is 1. The van der Waals surface area contributed by atoms with Gasteiger partial charge >= 0.3 is 0 Å². The third-order valence-corrected chi connectivity index (χ3v) is 3.62. The van der Waals surface area contributed by atoms with E-state index >= 15 is 0 Å². The molecule has 98 valence electrons. The van der Waals surface area contributed by atoms with E-state index in [0.29, 0.717) is 5.56 Å². The van der Waals surface area contributed by atoms with Crippen molar-refractivity contribution >= 4 is 27.4 Å². The number of carbonyl (C=O) groups excluding carboxylic acids is 1. The quantitative estimate of drug-likeness (QED) is 0.690. The van der Waals surface area contributed by atoms with Gasteiger partial charge in [0.15, 0.2) is 5.78 Å². The SMILES string of the molecule is Nc1c(F)cccc1C(=O)Cc1cccc(F)c1Br. The molecule has 0 radical (unpaired) electrons. The Kier molecular flexibility index (Phi) is 3.95. The number of nitrogen functional groups attached to an aromatic ring is 1. The van der Waals surface area contributed by atoms with E-state index in [1.54, 1.807) is 6.07 Å². The molecule has 19 heavy (non-hydrogen) atoms. The van der Waals surface area contributed by atoms with Crippen LogP contribution in [0.3, 0.4) is 0 Å². The summed E-state index contributed by atoms with van der Waals surface area (Å²) in [6.45, 7) is 0. The third-order valence-electron chi connectivity index (χ3n) is 2.74. The van der Waals surface area contributed by atoms with Crippen LogP contribution in [0.5, 0.6) is 0 Å². The number of ketones is 1. The van der Waals surface area contributed by atoms with Crippen molar-refractivity contribution in [3.8, 4) is 0 Å². The van der Waals surface area contributed by atoms with Crippen molar-refractivity contribution in [1.29, 1.82) is 0 Å². The largest absolute Gasteiger partial charge is 0.396 e. The van der Waals surface area contributed by atoms with Gasteiger partial charge in [-0.25, -0.2) is 8.78 Å². The van der Waals surface area contributed by atoms with Crippen molar-refractivity contribution in [2.75, 3.05) is 5.73 Å². The first kappa shape index (κ1) is 13.7. The smallest absolute Gasteiger partial charge is 0.169 e. The van der Waals surface area contributed by atoms with Crippen LogP contribution in [0.2, 0.25) is 0 Å². The van der Waals surface area contributed by atoms with Crippen LogP contribution in [-0.2, 0) is 6.42 Å². The molecule has 5 heteroatoms. The molecule has 2 aromatic rings. The number of hydrogen-bond acceptors (Lipinski definition) is 2. The predicted molar refractivity (Wildman–Crippen MR) is 72.9 cm³/mol. The molecule has 0 aliphatic rings. The Morgan fingerprint density at radius 2 is 1.74 bits per heavy atom. The van der Waals surface area contributed by atoms with Gasteiger partial charge in [-0.2, -0.15) is 0 Å². The average molecular weight is 326 g/mol. The van der Waals surface area contributed by atoms with E-state index in [1.807, 2.05) is 0 Å². The summed E-state index contributed by atoms with van der Waals surface area (Å²) in [5.74, 6) is -1.44. The molecule has 0 heterocycles. The van der Waals surface area contributed by atoms with Gasteiger partial charge in [0.25, 0.3) is 0 Å². The number of carbonyl (C=O) groups is 1. The molecule has 0 unspecified atom stereocenters. The minimum absolute atomic E-state index is 0.0496. The highest BCUT2D eigenvalue weighted by molar-refractivity contribution is 9.10. The molecule has 2 rings (SSSR count). The van der Waals surface area contributed by atoms with E-state index in [-0.39, 0.29) is 27.9 Å². The van der Waals surface area contributed by atoms with Crippen molar-refractivity contribution in [3.63, 3.8) is 0 Å². The van der Waals surface area contributed by atoms with E-state index in [0.717, 1.165) is 0 Å². The third kappa shape index (κ3) is 2.81. The average Bonchev–Trinajstić information content (AvgIpc) is 2.38. The second-order valence-electron chi connectivity index (χ2n) is 4.01. The minimum atomic E-state index is -0.635. The Hall–Kier alpha value is -1.75. The Labute approximate surface area is 117 Å². The van der Waals surface area contributed by atoms with Gasteiger partial charge in [-0.15, -0.1) is 0 Å². The lowest BCUT2D eigenvalue weighted by molar-refractivity contribution is 0.0993. The fourth-order valence-electron chi connectivity index (χ4n) is 1.73. The summed E-state index contributed by atoms with van der Waals surface area (Å²) in [6, 6.07) is 8.48. The van der Waals surface area contributed by atoms with Crippen molar-refractivity contribution in [2.24, 2.45) is 0 Å². The maximum absolute atomic E-state index is 13.3. The van der Waals surface area contributed by atoms with Gasteiger partial charge in [0.1, 0.15) is 11.6 Å². The number of para-hydroxylation sites is 1. The minimum Gasteiger partial charge on any atom is -0.396 e. The molecule has 0 spiro atoms. The highest BCUT2D eigenvalue weighted by atomic mass is 79.9. The van der Waals surface area contributed by atoms with Gasteiger partial charge in [0.05, 0.1) is 10.2 Å². The van der Waals surface area contributed by atoms with Gasteiger partial charge in [0, 0.05) is 12.0 Å². The normalized spacial score (nSPS) is 10.5. The van der Waals surface area contributed by atoms with Gasteiger partial charge in [-0.1, -0.05) is 18.2 Å². The molecule has 2 N–H and O–H groups in total. The second-order valence-corrected chi connectivity index (χ2v) is 4.81. The zero-order valence-electron chi connectivity index (χ0n) is 9.79. The van der Waals surface area contributed by atoms with Crippen LogP contribution >= 0.6 is 15.9 Å². The van der Waals surface area contributed by atoms with Crippen LogP contribution in [0.25, 0.3) is 0 Å². The van der Waals surface area contributed by atoms with Crippen molar-refractivity contribution in [1.82, 2.24) is 0 Å². The van der Waals surface area contributed by atoms with Crippen LogP contribution in [0.4, 0.5) is 14.5 Å². The maximum atomic E-state index is 13.3. The lowest BCUT2D eigenvalue weighted by atomic mass is 10.0. The Bertz CT molecular complexity index is 643. The Morgan fingerprint density at radius 1 is 1.11 bits per heavy atom. The molecule has 0 bridgehead atoms. The molecule has 0 atom stereocenters. The Morgan fingerprint density at radius 3 is 2.47 bits per heavy atom. The number of rotatable bonds is 3. The summed E-state index contributed by atoms with van der Waals surface area (Å²) in [7, 11) is 0. The number of Topliss-reactive ketones (excluding diaryl/α,β-unsaturated/α-hetero) is 1. The van der Waals surface area contributed by atoms with E-state index < -0.39 is 11.6 Å². The van der Waals surface area contributed by atoms with E-state index in [4.69, 9.17) is 5.73 Å². The first-order valence-corrected chi connectivity index (χ1v) is 6.30. The monoisotopic (exact) mass is 325 g/mol. The number of anilines is 1. The summed E-state index contributed by atoms with van der Waals surface area (Å²) in [4.78, 5) is 12.1. The topological polar surface area (TPSA) is 43.1 Å². The van der Waals surface area contributed by atoms with Crippen LogP contribution in [0, 0.1) is 11.6 Å². The van der Waals surface area contributed by atoms with Crippen molar-refractivity contribution < 1.29 is 13.6 Å². The predicted octanol–water partition coefficient (Wildman–Crippen LogP) is 3.73. The van der Waals surface area contributed by atoms with E-state index in [2.05, 4.69) is 15.9 Å². The Balaban J connectivity index is 2.31. The molecule has 2 aromatic carbocycles. The van der Waals surface area contributed by atoms with Crippen LogP contribution < -0.4 is 5.73 Å². The van der Waals surface area contributed by atoms with Crippen LogP contribution in [-0.4, -0.2) is 5.78 Å². The van der Waals surface area contributed by atoms with Gasteiger partial charge in [-0.05, 0) is 39.7 Å². The summed E-state index contributed by atoms with van der Waals surface area (Å²) in [6.07, 6.45) is -0.0496. The first-order chi connectivity index (χ1) is 9.00. The van der Waals surface area contributed by atoms with Gasteiger partial charge < -0.3 is 5.73 Å². The fraction of sp³-hybridized carbons (Fsp3) is 0.0714. The molecule has 0 fully saturated rings. The molecular weight excluding hydrogens is 316 g/mol. The number of benzene rings is 2. The number of nitrogens with two attached hydrogens (primary N) is 1. The van der Waals surface area contributed by atoms with Crippen molar-refractivity contribution in [3.05, 3.63) is 63.6 Å². The molecule has 0 saturated heterocycles. The van der Waals surface area contributed by atoms with E-state index in [9.17, 15) is 13.6 Å². The molecular formula is C14H10BrF2NO. The number of halogens is 3. The highest BCUT2D eigenvalue weighted by Crippen LogP contribution is 2.23. The fourth-order valence-corrected chi connectivity index (χ4v) is 2.14. The second kappa shape index (κ2) is 5.48. The maximum Gasteiger partial charge on any atom is 0.169 e. The molecule has 0 aromatic heterocycles. The molecule has 0 aliphatic heterocycles.